The van der Waals surface area contributed by atoms with E-state index in [-0.39, 0.29) is 17.3 Å². The standard InChI is InChI=1S/C8H12O3/c1-5-2-7(10)6(4-9)8(11)3-5/h4-5,7,9-10H,2-3H2,1H3. The number of ketones is 1. The van der Waals surface area contributed by atoms with Gasteiger partial charge in [0.05, 0.1) is 17.9 Å². The fraction of sp³-hybridized carbons (Fsp3) is 0.625. The van der Waals surface area contributed by atoms with Gasteiger partial charge in [0.15, 0.2) is 5.78 Å². The van der Waals surface area contributed by atoms with E-state index in [0.717, 1.165) is 6.26 Å². The van der Waals surface area contributed by atoms with E-state index in [1.54, 1.807) is 0 Å². The number of aliphatic hydroxyl groups is 2. The molecule has 1 aliphatic rings. The van der Waals surface area contributed by atoms with Gasteiger partial charge in [0.1, 0.15) is 0 Å². The molecule has 1 rings (SSSR count). The second-order valence-electron chi connectivity index (χ2n) is 3.07. The van der Waals surface area contributed by atoms with E-state index < -0.39 is 6.10 Å². The van der Waals surface area contributed by atoms with E-state index in [9.17, 15) is 9.90 Å². The molecule has 0 aromatic rings. The Morgan fingerprint density at radius 2 is 2.27 bits per heavy atom. The zero-order chi connectivity index (χ0) is 8.43. The molecule has 0 heterocycles. The molecule has 0 amide bonds. The number of carbonyl (C=O) groups excluding carboxylic acids is 1. The molecule has 0 aliphatic heterocycles. The molecule has 1 saturated carbocycles. The van der Waals surface area contributed by atoms with Crippen molar-refractivity contribution in [3.05, 3.63) is 11.8 Å². The lowest BCUT2D eigenvalue weighted by Gasteiger charge is -2.23. The summed E-state index contributed by atoms with van der Waals surface area (Å²) in [4.78, 5) is 11.1. The minimum absolute atomic E-state index is 0.140. The van der Waals surface area contributed by atoms with Crippen LogP contribution in [0.25, 0.3) is 0 Å². The van der Waals surface area contributed by atoms with Gasteiger partial charge in [-0.05, 0) is 12.3 Å². The van der Waals surface area contributed by atoms with Crippen LogP contribution in [0.1, 0.15) is 19.8 Å². The number of carbonyl (C=O) groups is 1. The Balaban J connectivity index is 2.75. The maximum atomic E-state index is 11.1. The van der Waals surface area contributed by atoms with Crippen molar-refractivity contribution in [1.29, 1.82) is 0 Å². The third-order valence-corrected chi connectivity index (χ3v) is 1.98. The molecule has 0 radical (unpaired) electrons. The average Bonchev–Trinajstić information content (AvgIpc) is 1.85. The summed E-state index contributed by atoms with van der Waals surface area (Å²) >= 11 is 0. The molecular weight excluding hydrogens is 144 g/mol. The van der Waals surface area contributed by atoms with Gasteiger partial charge in [-0.1, -0.05) is 6.92 Å². The largest absolute Gasteiger partial charge is 0.515 e. The second kappa shape index (κ2) is 3.05. The van der Waals surface area contributed by atoms with Gasteiger partial charge in [0.25, 0.3) is 0 Å². The lowest BCUT2D eigenvalue weighted by Crippen LogP contribution is -2.28. The van der Waals surface area contributed by atoms with Crippen molar-refractivity contribution < 1.29 is 15.0 Å². The van der Waals surface area contributed by atoms with Crippen LogP contribution in [0.2, 0.25) is 0 Å². The molecule has 0 aromatic heterocycles. The maximum Gasteiger partial charge on any atom is 0.164 e. The summed E-state index contributed by atoms with van der Waals surface area (Å²) in [7, 11) is 0. The van der Waals surface area contributed by atoms with Crippen LogP contribution >= 0.6 is 0 Å². The fourth-order valence-electron chi connectivity index (χ4n) is 1.37. The molecule has 3 nitrogen and oxygen atoms in total. The van der Waals surface area contributed by atoms with E-state index in [1.165, 1.54) is 0 Å². The van der Waals surface area contributed by atoms with Gasteiger partial charge in [0.2, 0.25) is 0 Å². The minimum Gasteiger partial charge on any atom is -0.515 e. The van der Waals surface area contributed by atoms with E-state index >= 15 is 0 Å². The van der Waals surface area contributed by atoms with Crippen LogP contribution in [0.4, 0.5) is 0 Å². The molecule has 2 unspecified atom stereocenters. The smallest absolute Gasteiger partial charge is 0.164 e. The Labute approximate surface area is 65.3 Å². The number of hydrogen-bond donors (Lipinski definition) is 2. The summed E-state index contributed by atoms with van der Waals surface area (Å²) in [6, 6.07) is 0. The average molecular weight is 156 g/mol. The quantitative estimate of drug-likeness (QED) is 0.402. The van der Waals surface area contributed by atoms with Crippen molar-refractivity contribution in [1.82, 2.24) is 0 Å². The first-order chi connectivity index (χ1) is 5.15. The third kappa shape index (κ3) is 1.60. The van der Waals surface area contributed by atoms with Gasteiger partial charge >= 0.3 is 0 Å². The molecule has 0 spiro atoms. The SMILES string of the molecule is CC1CC(=O)C(=CO)C(O)C1. The fourth-order valence-corrected chi connectivity index (χ4v) is 1.37. The topological polar surface area (TPSA) is 57.5 Å². The van der Waals surface area contributed by atoms with Crippen LogP contribution in [0, 0.1) is 5.92 Å². The van der Waals surface area contributed by atoms with E-state index in [4.69, 9.17) is 5.11 Å². The molecule has 3 heteroatoms. The summed E-state index contributed by atoms with van der Waals surface area (Å²) in [6.07, 6.45) is 0.955. The highest BCUT2D eigenvalue weighted by Crippen LogP contribution is 2.24. The van der Waals surface area contributed by atoms with Crippen LogP contribution in [-0.2, 0) is 4.79 Å². The van der Waals surface area contributed by atoms with Gasteiger partial charge in [-0.15, -0.1) is 0 Å². The molecule has 11 heavy (non-hydrogen) atoms. The molecule has 62 valence electrons. The first-order valence-electron chi connectivity index (χ1n) is 3.70. The highest BCUT2D eigenvalue weighted by molar-refractivity contribution is 5.96. The lowest BCUT2D eigenvalue weighted by molar-refractivity contribution is -0.119. The first kappa shape index (κ1) is 8.27. The Bertz CT molecular complexity index is 196. The number of Topliss-reactive ketones (excluding diaryl/α,β-unsaturated/α-hetero) is 1. The molecule has 1 aliphatic carbocycles. The van der Waals surface area contributed by atoms with Crippen molar-refractivity contribution >= 4 is 5.78 Å². The van der Waals surface area contributed by atoms with Crippen LogP contribution < -0.4 is 0 Å². The predicted molar refractivity (Wildman–Crippen MR) is 40.1 cm³/mol. The summed E-state index contributed by atoms with van der Waals surface area (Å²) in [5.74, 6) is 0.0833. The van der Waals surface area contributed by atoms with Crippen LogP contribution in [0.15, 0.2) is 11.8 Å². The molecule has 0 aromatic carbocycles. The van der Waals surface area contributed by atoms with Gasteiger partial charge in [0, 0.05) is 6.42 Å². The molecule has 0 bridgehead atoms. The zero-order valence-corrected chi connectivity index (χ0v) is 6.45. The number of hydrogen-bond acceptors (Lipinski definition) is 3. The van der Waals surface area contributed by atoms with Gasteiger partial charge < -0.3 is 10.2 Å². The number of aliphatic hydroxyl groups excluding tert-OH is 2. The summed E-state index contributed by atoms with van der Waals surface area (Å²) in [5.41, 5.74) is 0.156. The zero-order valence-electron chi connectivity index (χ0n) is 6.45. The summed E-state index contributed by atoms with van der Waals surface area (Å²) in [6.45, 7) is 1.91. The summed E-state index contributed by atoms with van der Waals surface area (Å²) in [5, 5.41) is 17.8. The van der Waals surface area contributed by atoms with E-state index in [2.05, 4.69) is 0 Å². The van der Waals surface area contributed by atoms with E-state index in [0.29, 0.717) is 12.8 Å². The first-order valence-corrected chi connectivity index (χ1v) is 3.70. The Morgan fingerprint density at radius 1 is 1.64 bits per heavy atom. The lowest BCUT2D eigenvalue weighted by atomic mass is 9.84. The molecule has 0 saturated heterocycles. The Hall–Kier alpha value is -0.830. The van der Waals surface area contributed by atoms with Crippen molar-refractivity contribution in [2.45, 2.75) is 25.9 Å². The monoisotopic (exact) mass is 156 g/mol. The Morgan fingerprint density at radius 3 is 2.73 bits per heavy atom. The third-order valence-electron chi connectivity index (χ3n) is 1.98. The molecule has 2 atom stereocenters. The second-order valence-corrected chi connectivity index (χ2v) is 3.07. The molecule has 1 fully saturated rings. The Kier molecular flexibility index (Phi) is 2.29. The predicted octanol–water partition coefficient (Wildman–Crippen LogP) is 0.788. The van der Waals surface area contributed by atoms with Crippen molar-refractivity contribution in [3.63, 3.8) is 0 Å². The van der Waals surface area contributed by atoms with Crippen LogP contribution in [-0.4, -0.2) is 22.1 Å². The van der Waals surface area contributed by atoms with Crippen LogP contribution in [0.5, 0.6) is 0 Å². The van der Waals surface area contributed by atoms with Gasteiger partial charge in [-0.2, -0.15) is 0 Å². The van der Waals surface area contributed by atoms with Crippen molar-refractivity contribution in [3.8, 4) is 0 Å². The highest BCUT2D eigenvalue weighted by Gasteiger charge is 2.28. The van der Waals surface area contributed by atoms with E-state index in [1.807, 2.05) is 6.92 Å². The van der Waals surface area contributed by atoms with Gasteiger partial charge in [-0.3, -0.25) is 4.79 Å². The van der Waals surface area contributed by atoms with Crippen molar-refractivity contribution in [2.24, 2.45) is 5.92 Å². The van der Waals surface area contributed by atoms with Crippen LogP contribution in [0.3, 0.4) is 0 Å². The normalized spacial score (nSPS) is 36.2. The van der Waals surface area contributed by atoms with Gasteiger partial charge in [-0.25, -0.2) is 0 Å². The number of rotatable bonds is 0. The molecular formula is C8H12O3. The maximum absolute atomic E-state index is 11.1. The highest BCUT2D eigenvalue weighted by atomic mass is 16.3. The molecule has 2 N–H and O–H groups in total. The minimum atomic E-state index is -0.767. The summed E-state index contributed by atoms with van der Waals surface area (Å²) < 4.78 is 0. The van der Waals surface area contributed by atoms with Crippen molar-refractivity contribution in [2.75, 3.05) is 0 Å².